The van der Waals surface area contributed by atoms with Crippen molar-refractivity contribution in [3.63, 3.8) is 0 Å². The van der Waals surface area contributed by atoms with Gasteiger partial charge in [0.25, 0.3) is 0 Å². The van der Waals surface area contributed by atoms with E-state index in [4.69, 9.17) is 16.7 Å². The number of aryl methyl sites for hydroxylation is 1. The molecule has 0 radical (unpaired) electrons. The van der Waals surface area contributed by atoms with Crippen LogP contribution in [-0.4, -0.2) is 34.8 Å². The summed E-state index contributed by atoms with van der Waals surface area (Å²) in [4.78, 5) is 13.1. The average Bonchev–Trinajstić information content (AvgIpc) is 2.94. The van der Waals surface area contributed by atoms with Crippen LogP contribution < -0.4 is 4.90 Å². The Balaban J connectivity index is 1.96. The number of fused-ring (bicyclic) bond motifs is 1. The van der Waals surface area contributed by atoms with Crippen LogP contribution in [0.4, 0.5) is 5.82 Å². The van der Waals surface area contributed by atoms with Crippen molar-refractivity contribution in [1.29, 1.82) is 0 Å². The summed E-state index contributed by atoms with van der Waals surface area (Å²) in [5.41, 5.74) is 0. The first kappa shape index (κ1) is 13.1. The van der Waals surface area contributed by atoms with Gasteiger partial charge in [-0.05, 0) is 43.4 Å². The molecule has 2 aromatic heterocycles. The number of rotatable bonds is 3. The van der Waals surface area contributed by atoms with E-state index in [0.29, 0.717) is 11.2 Å². The fourth-order valence-corrected chi connectivity index (χ4v) is 3.77. The lowest BCUT2D eigenvalue weighted by Crippen LogP contribution is -2.21. The van der Waals surface area contributed by atoms with Crippen LogP contribution in [0.2, 0.25) is 5.28 Å². The third-order valence-corrected chi connectivity index (χ3v) is 4.70. The van der Waals surface area contributed by atoms with Crippen molar-refractivity contribution >= 4 is 39.0 Å². The molecule has 102 valence electrons. The van der Waals surface area contributed by atoms with Gasteiger partial charge in [-0.1, -0.05) is 0 Å². The summed E-state index contributed by atoms with van der Waals surface area (Å²) in [6, 6.07) is 2.13. The fraction of sp³-hybridized carbons (Fsp3) is 0.538. The van der Waals surface area contributed by atoms with Gasteiger partial charge in [-0.2, -0.15) is 4.98 Å². The molecular weight excluding hydrogens is 282 g/mol. The largest absolute Gasteiger partial charge is 0.396 e. The summed E-state index contributed by atoms with van der Waals surface area (Å²) in [5.74, 6) is 1.49. The molecular formula is C13H16ClN3OS. The van der Waals surface area contributed by atoms with Crippen molar-refractivity contribution < 1.29 is 5.11 Å². The third-order valence-electron chi connectivity index (χ3n) is 3.59. The maximum absolute atomic E-state index is 9.04. The maximum atomic E-state index is 9.04. The van der Waals surface area contributed by atoms with Gasteiger partial charge in [0.05, 0.1) is 5.39 Å². The molecule has 19 heavy (non-hydrogen) atoms. The summed E-state index contributed by atoms with van der Waals surface area (Å²) in [6.45, 7) is 4.25. The minimum atomic E-state index is 0.260. The number of thiophene rings is 1. The first-order valence-electron chi connectivity index (χ1n) is 6.47. The van der Waals surface area contributed by atoms with E-state index in [1.807, 2.05) is 0 Å². The summed E-state index contributed by atoms with van der Waals surface area (Å²) in [7, 11) is 0. The van der Waals surface area contributed by atoms with Crippen molar-refractivity contribution in [2.75, 3.05) is 24.6 Å². The van der Waals surface area contributed by atoms with E-state index in [0.717, 1.165) is 42.0 Å². The van der Waals surface area contributed by atoms with Crippen LogP contribution in [0.15, 0.2) is 6.07 Å². The monoisotopic (exact) mass is 297 g/mol. The van der Waals surface area contributed by atoms with Gasteiger partial charge < -0.3 is 10.0 Å². The van der Waals surface area contributed by atoms with Crippen LogP contribution in [0.1, 0.15) is 17.7 Å². The van der Waals surface area contributed by atoms with Gasteiger partial charge in [0.15, 0.2) is 0 Å². The molecule has 3 rings (SSSR count). The molecule has 0 bridgehead atoms. The number of nitrogens with zero attached hydrogens (tertiary/aromatic N) is 3. The number of aliphatic hydroxyl groups is 1. The topological polar surface area (TPSA) is 49.2 Å². The number of aliphatic hydroxyl groups excluding tert-OH is 1. The average molecular weight is 298 g/mol. The lowest BCUT2D eigenvalue weighted by Gasteiger charge is -2.18. The molecule has 0 amide bonds. The quantitative estimate of drug-likeness (QED) is 0.885. The van der Waals surface area contributed by atoms with Crippen molar-refractivity contribution in [1.82, 2.24) is 9.97 Å². The molecule has 0 spiro atoms. The summed E-state index contributed by atoms with van der Waals surface area (Å²) < 4.78 is 0. The van der Waals surface area contributed by atoms with Crippen LogP contribution in [0.5, 0.6) is 0 Å². The van der Waals surface area contributed by atoms with Gasteiger partial charge in [-0.15, -0.1) is 11.3 Å². The Morgan fingerprint density at radius 2 is 2.37 bits per heavy atom. The Morgan fingerprint density at radius 1 is 1.53 bits per heavy atom. The van der Waals surface area contributed by atoms with E-state index in [2.05, 4.69) is 27.9 Å². The van der Waals surface area contributed by atoms with Crippen molar-refractivity contribution in [2.45, 2.75) is 19.8 Å². The highest BCUT2D eigenvalue weighted by Crippen LogP contribution is 2.34. The number of hydrogen-bond acceptors (Lipinski definition) is 5. The second-order valence-electron chi connectivity index (χ2n) is 5.01. The van der Waals surface area contributed by atoms with E-state index >= 15 is 0 Å². The van der Waals surface area contributed by atoms with Gasteiger partial charge in [0.1, 0.15) is 10.6 Å². The highest BCUT2D eigenvalue weighted by molar-refractivity contribution is 7.18. The molecule has 6 heteroatoms. The molecule has 1 atom stereocenters. The van der Waals surface area contributed by atoms with Crippen LogP contribution in [-0.2, 0) is 0 Å². The second-order valence-corrected chi connectivity index (χ2v) is 6.58. The Morgan fingerprint density at radius 3 is 3.16 bits per heavy atom. The molecule has 1 unspecified atom stereocenters. The van der Waals surface area contributed by atoms with E-state index in [-0.39, 0.29) is 6.61 Å². The fourth-order valence-electron chi connectivity index (χ4n) is 2.69. The van der Waals surface area contributed by atoms with E-state index in [9.17, 15) is 0 Å². The molecule has 0 aromatic carbocycles. The lowest BCUT2D eigenvalue weighted by molar-refractivity contribution is 0.263. The second kappa shape index (κ2) is 5.23. The zero-order valence-corrected chi connectivity index (χ0v) is 12.3. The molecule has 1 fully saturated rings. The molecule has 1 aliphatic rings. The predicted molar refractivity (Wildman–Crippen MR) is 79.2 cm³/mol. The number of anilines is 1. The first-order valence-corrected chi connectivity index (χ1v) is 7.66. The van der Waals surface area contributed by atoms with Crippen LogP contribution in [0.3, 0.4) is 0 Å². The van der Waals surface area contributed by atoms with Crippen molar-refractivity contribution in [3.05, 3.63) is 16.2 Å². The first-order chi connectivity index (χ1) is 9.17. The van der Waals surface area contributed by atoms with Crippen LogP contribution >= 0.6 is 22.9 Å². The van der Waals surface area contributed by atoms with Crippen molar-refractivity contribution in [2.24, 2.45) is 5.92 Å². The third kappa shape index (κ3) is 2.55. The SMILES string of the molecule is Cc1cc2c(N3CCC(CCO)C3)nc(Cl)nc2s1. The zero-order valence-electron chi connectivity index (χ0n) is 10.8. The highest BCUT2D eigenvalue weighted by Gasteiger charge is 2.25. The zero-order chi connectivity index (χ0) is 13.4. The maximum Gasteiger partial charge on any atom is 0.225 e. The lowest BCUT2D eigenvalue weighted by atomic mass is 10.1. The van der Waals surface area contributed by atoms with Crippen molar-refractivity contribution in [3.8, 4) is 0 Å². The van der Waals surface area contributed by atoms with Gasteiger partial charge in [0.2, 0.25) is 5.28 Å². The van der Waals surface area contributed by atoms with Crippen LogP contribution in [0, 0.1) is 12.8 Å². The van der Waals surface area contributed by atoms with Crippen LogP contribution in [0.25, 0.3) is 10.2 Å². The summed E-state index contributed by atoms with van der Waals surface area (Å²) in [6.07, 6.45) is 1.97. The number of aromatic nitrogens is 2. The summed E-state index contributed by atoms with van der Waals surface area (Å²) in [5, 5.41) is 10.4. The van der Waals surface area contributed by atoms with Gasteiger partial charge in [0, 0.05) is 24.6 Å². The Labute approximate surface area is 121 Å². The smallest absolute Gasteiger partial charge is 0.225 e. The number of halogens is 1. The highest BCUT2D eigenvalue weighted by atomic mass is 35.5. The molecule has 4 nitrogen and oxygen atoms in total. The van der Waals surface area contributed by atoms with Gasteiger partial charge in [-0.3, -0.25) is 0 Å². The van der Waals surface area contributed by atoms with E-state index in [1.54, 1.807) is 11.3 Å². The van der Waals surface area contributed by atoms with E-state index < -0.39 is 0 Å². The molecule has 3 heterocycles. The molecule has 2 aromatic rings. The minimum Gasteiger partial charge on any atom is -0.396 e. The van der Waals surface area contributed by atoms with Gasteiger partial charge >= 0.3 is 0 Å². The number of hydrogen-bond donors (Lipinski definition) is 1. The van der Waals surface area contributed by atoms with Gasteiger partial charge in [-0.25, -0.2) is 4.98 Å². The predicted octanol–water partition coefficient (Wildman–Crippen LogP) is 2.86. The Bertz CT molecular complexity index is 601. The minimum absolute atomic E-state index is 0.260. The normalized spacial score (nSPS) is 19.5. The molecule has 1 saturated heterocycles. The molecule has 1 N–H and O–H groups in total. The molecule has 0 aliphatic carbocycles. The Hall–Kier alpha value is -0.910. The molecule has 0 saturated carbocycles. The summed E-state index contributed by atoms with van der Waals surface area (Å²) >= 11 is 7.67. The standard InChI is InChI=1S/C13H16ClN3OS/c1-8-6-10-11(15-13(14)16-12(10)19-8)17-4-2-9(7-17)3-5-18/h6,9,18H,2-5,7H2,1H3. The molecule has 1 aliphatic heterocycles. The van der Waals surface area contributed by atoms with E-state index in [1.165, 1.54) is 4.88 Å². The Kier molecular flexibility index (Phi) is 3.60.